The second-order valence-corrected chi connectivity index (χ2v) is 7.82. The van der Waals surface area contributed by atoms with E-state index in [1.807, 2.05) is 67.8 Å². The van der Waals surface area contributed by atoms with Gasteiger partial charge in [0.2, 0.25) is 5.91 Å². The minimum Gasteiger partial charge on any atom is -0.497 e. The lowest BCUT2D eigenvalue weighted by Gasteiger charge is -2.16. The summed E-state index contributed by atoms with van der Waals surface area (Å²) in [6.45, 7) is 4.41. The largest absolute Gasteiger partial charge is 0.497 e. The van der Waals surface area contributed by atoms with Crippen molar-refractivity contribution in [3.63, 3.8) is 0 Å². The summed E-state index contributed by atoms with van der Waals surface area (Å²) in [5.41, 5.74) is 2.79. The molecule has 0 aliphatic heterocycles. The van der Waals surface area contributed by atoms with Crippen LogP contribution in [-0.4, -0.2) is 18.0 Å². The highest BCUT2D eigenvalue weighted by Gasteiger charge is 2.11. The Balaban J connectivity index is 1.63. The zero-order valence-corrected chi connectivity index (χ0v) is 18.2. The quantitative estimate of drug-likeness (QED) is 0.474. The number of amides is 1. The van der Waals surface area contributed by atoms with E-state index < -0.39 is 0 Å². The van der Waals surface area contributed by atoms with Gasteiger partial charge in [0.1, 0.15) is 18.1 Å². The molecule has 0 aliphatic carbocycles. The van der Waals surface area contributed by atoms with Crippen molar-refractivity contribution in [3.8, 4) is 11.5 Å². The number of aromatic nitrogens is 1. The van der Waals surface area contributed by atoms with Crippen LogP contribution in [0.25, 0.3) is 6.08 Å². The molecule has 0 saturated heterocycles. The first kappa shape index (κ1) is 21.6. The van der Waals surface area contributed by atoms with Crippen molar-refractivity contribution in [2.45, 2.75) is 32.9 Å². The molecular weight excluding hydrogens is 396 g/mol. The highest BCUT2D eigenvalue weighted by atomic mass is 32.1. The third kappa shape index (κ3) is 5.94. The van der Waals surface area contributed by atoms with Crippen LogP contribution < -0.4 is 14.8 Å². The maximum Gasteiger partial charge on any atom is 0.244 e. The Hall–Kier alpha value is -3.12. The van der Waals surface area contributed by atoms with Crippen LogP contribution in [0.1, 0.15) is 41.2 Å². The van der Waals surface area contributed by atoms with E-state index in [1.165, 1.54) is 0 Å². The number of hydrogen-bond acceptors (Lipinski definition) is 5. The van der Waals surface area contributed by atoms with E-state index in [9.17, 15) is 4.79 Å². The Morgan fingerprint density at radius 3 is 2.63 bits per heavy atom. The minimum atomic E-state index is -0.150. The van der Waals surface area contributed by atoms with E-state index >= 15 is 0 Å². The second kappa shape index (κ2) is 10.6. The summed E-state index contributed by atoms with van der Waals surface area (Å²) in [6.07, 6.45) is 4.11. The van der Waals surface area contributed by atoms with Crippen LogP contribution in [0.2, 0.25) is 0 Å². The molecule has 30 heavy (non-hydrogen) atoms. The Bertz CT molecular complexity index is 996. The Labute approximate surface area is 181 Å². The van der Waals surface area contributed by atoms with Crippen LogP contribution in [0.4, 0.5) is 0 Å². The van der Waals surface area contributed by atoms with Crippen LogP contribution in [-0.2, 0) is 11.4 Å². The topological polar surface area (TPSA) is 60.5 Å². The molecule has 1 unspecified atom stereocenters. The van der Waals surface area contributed by atoms with Gasteiger partial charge in [-0.1, -0.05) is 37.3 Å². The fourth-order valence-corrected chi connectivity index (χ4v) is 3.62. The molecule has 1 aromatic heterocycles. The van der Waals surface area contributed by atoms with E-state index in [4.69, 9.17) is 9.47 Å². The molecule has 0 spiro atoms. The molecule has 3 rings (SSSR count). The molecule has 156 valence electrons. The van der Waals surface area contributed by atoms with Gasteiger partial charge >= 0.3 is 0 Å². The molecule has 2 aromatic carbocycles. The number of benzene rings is 2. The lowest BCUT2D eigenvalue weighted by atomic mass is 10.0. The number of methoxy groups -OCH3 is 1. The zero-order valence-electron chi connectivity index (χ0n) is 17.4. The lowest BCUT2D eigenvalue weighted by molar-refractivity contribution is -0.117. The van der Waals surface area contributed by atoms with Crippen molar-refractivity contribution in [1.29, 1.82) is 0 Å². The summed E-state index contributed by atoms with van der Waals surface area (Å²) in [4.78, 5) is 16.9. The third-order valence-corrected chi connectivity index (χ3v) is 5.44. The van der Waals surface area contributed by atoms with Crippen molar-refractivity contribution in [2.75, 3.05) is 7.11 Å². The summed E-state index contributed by atoms with van der Waals surface area (Å²) in [5, 5.41) is 6.06. The van der Waals surface area contributed by atoms with Gasteiger partial charge in [-0.15, -0.1) is 11.3 Å². The van der Waals surface area contributed by atoms with Gasteiger partial charge in [-0.25, -0.2) is 4.98 Å². The summed E-state index contributed by atoms with van der Waals surface area (Å²) in [7, 11) is 1.64. The monoisotopic (exact) mass is 422 g/mol. The van der Waals surface area contributed by atoms with E-state index in [0.29, 0.717) is 6.61 Å². The number of nitrogens with one attached hydrogen (secondary N) is 1. The number of para-hydroxylation sites is 1. The van der Waals surface area contributed by atoms with Crippen LogP contribution in [0, 0.1) is 6.92 Å². The second-order valence-electron chi connectivity index (χ2n) is 6.76. The van der Waals surface area contributed by atoms with Gasteiger partial charge in [0.05, 0.1) is 23.9 Å². The molecule has 6 heteroatoms. The number of nitrogens with zero attached hydrogens (tertiary/aromatic N) is 1. The molecule has 1 atom stereocenters. The van der Waals surface area contributed by atoms with E-state index in [0.717, 1.165) is 39.7 Å². The van der Waals surface area contributed by atoms with Crippen molar-refractivity contribution in [3.05, 3.63) is 81.8 Å². The van der Waals surface area contributed by atoms with Gasteiger partial charge in [-0.05, 0) is 43.2 Å². The number of hydrogen-bond donors (Lipinski definition) is 1. The normalized spacial score (nSPS) is 12.0. The molecule has 1 heterocycles. The fraction of sp³-hybridized carbons (Fsp3) is 0.250. The maximum atomic E-state index is 12.5. The van der Waals surface area contributed by atoms with Gasteiger partial charge in [0, 0.05) is 17.0 Å². The summed E-state index contributed by atoms with van der Waals surface area (Å²) >= 11 is 1.60. The van der Waals surface area contributed by atoms with Crippen molar-refractivity contribution < 1.29 is 14.3 Å². The minimum absolute atomic E-state index is 0.0625. The molecule has 0 aliphatic rings. The van der Waals surface area contributed by atoms with E-state index in [-0.39, 0.29) is 11.9 Å². The third-order valence-electron chi connectivity index (χ3n) is 4.62. The van der Waals surface area contributed by atoms with Gasteiger partial charge in [0.15, 0.2) is 0 Å². The summed E-state index contributed by atoms with van der Waals surface area (Å²) in [6, 6.07) is 15.3. The van der Waals surface area contributed by atoms with E-state index in [2.05, 4.69) is 10.3 Å². The van der Waals surface area contributed by atoms with Gasteiger partial charge < -0.3 is 14.8 Å². The highest BCUT2D eigenvalue weighted by molar-refractivity contribution is 7.09. The van der Waals surface area contributed by atoms with Crippen molar-refractivity contribution >= 4 is 23.3 Å². The molecule has 0 bridgehead atoms. The first-order valence-electron chi connectivity index (χ1n) is 9.84. The Kier molecular flexibility index (Phi) is 7.63. The molecule has 0 fully saturated rings. The Morgan fingerprint density at radius 1 is 1.20 bits per heavy atom. The summed E-state index contributed by atoms with van der Waals surface area (Å²) in [5.74, 6) is 1.36. The van der Waals surface area contributed by atoms with Crippen LogP contribution in [0.15, 0.2) is 60.0 Å². The standard InChI is InChI=1S/C24H26N2O3S/c1-4-22(18-9-12-21(28-3)13-10-18)26-24(27)14-11-19-7-5-6-8-23(19)29-15-20-16-30-17(2)25-20/h5-14,16,22H,4,15H2,1-3H3,(H,26,27)/b14-11+. The van der Waals surface area contributed by atoms with Crippen molar-refractivity contribution in [2.24, 2.45) is 0 Å². The average molecular weight is 423 g/mol. The average Bonchev–Trinajstić information content (AvgIpc) is 3.20. The number of aryl methyl sites for hydroxylation is 1. The van der Waals surface area contributed by atoms with Crippen LogP contribution >= 0.6 is 11.3 Å². The SMILES string of the molecule is CCC(NC(=O)/C=C/c1ccccc1OCc1csc(C)n1)c1ccc(OC)cc1. The van der Waals surface area contributed by atoms with Gasteiger partial charge in [-0.3, -0.25) is 4.79 Å². The molecule has 5 nitrogen and oxygen atoms in total. The maximum absolute atomic E-state index is 12.5. The predicted molar refractivity (Wildman–Crippen MR) is 121 cm³/mol. The van der Waals surface area contributed by atoms with Gasteiger partial charge in [0.25, 0.3) is 0 Å². The molecule has 1 N–H and O–H groups in total. The van der Waals surface area contributed by atoms with Crippen LogP contribution in [0.5, 0.6) is 11.5 Å². The van der Waals surface area contributed by atoms with Crippen LogP contribution in [0.3, 0.4) is 0 Å². The first-order chi connectivity index (χ1) is 14.6. The van der Waals surface area contributed by atoms with Gasteiger partial charge in [-0.2, -0.15) is 0 Å². The van der Waals surface area contributed by atoms with Crippen molar-refractivity contribution in [1.82, 2.24) is 10.3 Å². The number of thiazole rings is 1. The Morgan fingerprint density at radius 2 is 1.97 bits per heavy atom. The number of carbonyl (C=O) groups is 1. The molecule has 0 saturated carbocycles. The summed E-state index contributed by atoms with van der Waals surface area (Å²) < 4.78 is 11.1. The predicted octanol–water partition coefficient (Wildman–Crippen LogP) is 5.32. The molecule has 1 amide bonds. The molecule has 3 aromatic rings. The number of rotatable bonds is 9. The number of ether oxygens (including phenoxy) is 2. The number of carbonyl (C=O) groups excluding carboxylic acids is 1. The zero-order chi connectivity index (χ0) is 21.3. The van der Waals surface area contributed by atoms with E-state index in [1.54, 1.807) is 30.6 Å². The molecule has 0 radical (unpaired) electrons. The fourth-order valence-electron chi connectivity index (χ4n) is 3.02. The molecular formula is C24H26N2O3S. The smallest absolute Gasteiger partial charge is 0.244 e. The first-order valence-corrected chi connectivity index (χ1v) is 10.7. The highest BCUT2D eigenvalue weighted by Crippen LogP contribution is 2.22. The lowest BCUT2D eigenvalue weighted by Crippen LogP contribution is -2.26.